The second-order valence-corrected chi connectivity index (χ2v) is 3.85. The molecule has 17 heavy (non-hydrogen) atoms. The topological polar surface area (TPSA) is 102 Å². The molecule has 1 amide bonds. The summed E-state index contributed by atoms with van der Waals surface area (Å²) in [5, 5.41) is 14.8. The van der Waals surface area contributed by atoms with Crippen molar-refractivity contribution in [2.45, 2.75) is 32.0 Å². The maximum absolute atomic E-state index is 11.7. The zero-order chi connectivity index (χ0) is 12.4. The molecule has 0 aromatic carbocycles. The standard InChI is InChI=1S/C10H12N2O5/c1-5-4-8(17-12-5)11-9(13)6-2-3-7(16-6)10(14)15/h4,6-7H,2-3H2,1H3,(H,11,13)(H,14,15). The normalized spacial score (nSPS) is 23.6. The van der Waals surface area contributed by atoms with Gasteiger partial charge in [-0.05, 0) is 19.8 Å². The average molecular weight is 240 g/mol. The molecule has 7 heteroatoms. The third-order valence-corrected chi connectivity index (χ3v) is 2.46. The van der Waals surface area contributed by atoms with E-state index >= 15 is 0 Å². The first-order valence-electron chi connectivity index (χ1n) is 5.18. The van der Waals surface area contributed by atoms with Gasteiger partial charge in [0, 0.05) is 6.07 Å². The number of amides is 1. The fraction of sp³-hybridized carbons (Fsp3) is 0.500. The number of carbonyl (C=O) groups is 2. The molecule has 2 heterocycles. The third-order valence-electron chi connectivity index (χ3n) is 2.46. The first kappa shape index (κ1) is 11.6. The smallest absolute Gasteiger partial charge is 0.332 e. The Kier molecular flexibility index (Phi) is 3.10. The molecule has 92 valence electrons. The van der Waals surface area contributed by atoms with E-state index in [1.54, 1.807) is 13.0 Å². The van der Waals surface area contributed by atoms with Crippen LogP contribution in [0.4, 0.5) is 5.88 Å². The van der Waals surface area contributed by atoms with Crippen molar-refractivity contribution in [3.8, 4) is 0 Å². The predicted molar refractivity (Wildman–Crippen MR) is 55.4 cm³/mol. The van der Waals surface area contributed by atoms with Gasteiger partial charge in [-0.1, -0.05) is 5.16 Å². The van der Waals surface area contributed by atoms with E-state index in [9.17, 15) is 9.59 Å². The molecule has 2 unspecified atom stereocenters. The quantitative estimate of drug-likeness (QED) is 0.800. The van der Waals surface area contributed by atoms with Crippen molar-refractivity contribution in [1.82, 2.24) is 5.16 Å². The molecule has 1 aromatic heterocycles. The highest BCUT2D eigenvalue weighted by atomic mass is 16.5. The van der Waals surface area contributed by atoms with Crippen molar-refractivity contribution < 1.29 is 24.0 Å². The molecule has 2 atom stereocenters. The van der Waals surface area contributed by atoms with Crippen molar-refractivity contribution in [2.24, 2.45) is 0 Å². The summed E-state index contributed by atoms with van der Waals surface area (Å²) >= 11 is 0. The Labute approximate surface area is 96.7 Å². The number of aliphatic carboxylic acids is 1. The van der Waals surface area contributed by atoms with Crippen LogP contribution >= 0.6 is 0 Å². The van der Waals surface area contributed by atoms with Gasteiger partial charge in [-0.15, -0.1) is 0 Å². The van der Waals surface area contributed by atoms with Crippen LogP contribution < -0.4 is 5.32 Å². The second-order valence-electron chi connectivity index (χ2n) is 3.85. The average Bonchev–Trinajstić information content (AvgIpc) is 2.86. The number of carboxylic acids is 1. The summed E-state index contributed by atoms with van der Waals surface area (Å²) in [4.78, 5) is 22.3. The first-order chi connectivity index (χ1) is 8.06. The van der Waals surface area contributed by atoms with Gasteiger partial charge < -0.3 is 14.4 Å². The van der Waals surface area contributed by atoms with Gasteiger partial charge in [0.15, 0.2) is 6.10 Å². The van der Waals surface area contributed by atoms with E-state index in [1.807, 2.05) is 0 Å². The highest BCUT2D eigenvalue weighted by Gasteiger charge is 2.35. The molecule has 1 saturated heterocycles. The number of anilines is 1. The van der Waals surface area contributed by atoms with Crippen LogP contribution in [0.2, 0.25) is 0 Å². The van der Waals surface area contributed by atoms with E-state index in [2.05, 4.69) is 10.5 Å². The lowest BCUT2D eigenvalue weighted by molar-refractivity contribution is -0.150. The molecule has 1 fully saturated rings. The molecule has 1 aliphatic rings. The number of hydrogen-bond donors (Lipinski definition) is 2. The highest BCUT2D eigenvalue weighted by Crippen LogP contribution is 2.21. The minimum Gasteiger partial charge on any atom is -0.479 e. The summed E-state index contributed by atoms with van der Waals surface area (Å²) in [7, 11) is 0. The van der Waals surface area contributed by atoms with E-state index in [0.717, 1.165) is 0 Å². The Morgan fingerprint density at radius 1 is 1.47 bits per heavy atom. The van der Waals surface area contributed by atoms with E-state index in [1.165, 1.54) is 0 Å². The SMILES string of the molecule is Cc1cc(NC(=O)C2CCC(C(=O)O)O2)on1. The van der Waals surface area contributed by atoms with Gasteiger partial charge in [0.1, 0.15) is 6.10 Å². The van der Waals surface area contributed by atoms with Gasteiger partial charge in [-0.3, -0.25) is 10.1 Å². The number of aromatic nitrogens is 1. The second kappa shape index (κ2) is 4.54. The number of ether oxygens (including phenoxy) is 1. The lowest BCUT2D eigenvalue weighted by Crippen LogP contribution is -2.29. The van der Waals surface area contributed by atoms with E-state index < -0.39 is 24.1 Å². The van der Waals surface area contributed by atoms with Gasteiger partial charge in [0.25, 0.3) is 5.91 Å². The van der Waals surface area contributed by atoms with Crippen molar-refractivity contribution in [2.75, 3.05) is 5.32 Å². The predicted octanol–water partition coefficient (Wildman–Crippen LogP) is 0.554. The summed E-state index contributed by atoms with van der Waals surface area (Å²) < 4.78 is 9.90. The Morgan fingerprint density at radius 3 is 2.71 bits per heavy atom. The van der Waals surface area contributed by atoms with Crippen LogP contribution in [0, 0.1) is 6.92 Å². The molecule has 0 saturated carbocycles. The molecule has 1 aromatic rings. The van der Waals surface area contributed by atoms with Crippen molar-refractivity contribution in [3.63, 3.8) is 0 Å². The number of aryl methyl sites for hydroxylation is 1. The number of nitrogens with zero attached hydrogens (tertiary/aromatic N) is 1. The largest absolute Gasteiger partial charge is 0.479 e. The fourth-order valence-electron chi connectivity index (χ4n) is 1.64. The molecule has 2 N–H and O–H groups in total. The van der Waals surface area contributed by atoms with Gasteiger partial charge in [0.2, 0.25) is 5.88 Å². The maximum atomic E-state index is 11.7. The maximum Gasteiger partial charge on any atom is 0.332 e. The Morgan fingerprint density at radius 2 is 2.18 bits per heavy atom. The molecule has 0 bridgehead atoms. The number of nitrogens with one attached hydrogen (secondary N) is 1. The molecular weight excluding hydrogens is 228 g/mol. The van der Waals surface area contributed by atoms with Crippen LogP contribution in [0.5, 0.6) is 0 Å². The number of hydrogen-bond acceptors (Lipinski definition) is 5. The van der Waals surface area contributed by atoms with E-state index in [4.69, 9.17) is 14.4 Å². The van der Waals surface area contributed by atoms with Gasteiger partial charge in [-0.25, -0.2) is 4.79 Å². The third kappa shape index (κ3) is 2.62. The zero-order valence-corrected chi connectivity index (χ0v) is 9.17. The Hall–Kier alpha value is -1.89. The lowest BCUT2D eigenvalue weighted by Gasteiger charge is -2.09. The molecule has 7 nitrogen and oxygen atoms in total. The van der Waals surface area contributed by atoms with Crippen LogP contribution in [-0.2, 0) is 14.3 Å². The van der Waals surface area contributed by atoms with Gasteiger partial charge >= 0.3 is 5.97 Å². The highest BCUT2D eigenvalue weighted by molar-refractivity contribution is 5.93. The number of rotatable bonds is 3. The number of carbonyl (C=O) groups excluding carboxylic acids is 1. The van der Waals surface area contributed by atoms with Crippen molar-refractivity contribution >= 4 is 17.8 Å². The summed E-state index contributed by atoms with van der Waals surface area (Å²) in [5.41, 5.74) is 0.649. The van der Waals surface area contributed by atoms with Crippen LogP contribution in [0.3, 0.4) is 0 Å². The summed E-state index contributed by atoms with van der Waals surface area (Å²) in [6.45, 7) is 1.73. The van der Waals surface area contributed by atoms with Gasteiger partial charge in [-0.2, -0.15) is 0 Å². The molecule has 0 spiro atoms. The molecule has 2 rings (SSSR count). The minimum absolute atomic E-state index is 0.231. The zero-order valence-electron chi connectivity index (χ0n) is 9.17. The van der Waals surface area contributed by atoms with E-state index in [-0.39, 0.29) is 5.88 Å². The first-order valence-corrected chi connectivity index (χ1v) is 5.18. The van der Waals surface area contributed by atoms with Crippen molar-refractivity contribution in [3.05, 3.63) is 11.8 Å². The minimum atomic E-state index is -1.05. The summed E-state index contributed by atoms with van der Waals surface area (Å²) in [6.07, 6.45) is -0.928. The Balaban J connectivity index is 1.91. The van der Waals surface area contributed by atoms with E-state index in [0.29, 0.717) is 18.5 Å². The monoisotopic (exact) mass is 240 g/mol. The lowest BCUT2D eigenvalue weighted by atomic mass is 10.2. The Bertz CT molecular complexity index is 442. The van der Waals surface area contributed by atoms with Crippen LogP contribution in [0.15, 0.2) is 10.6 Å². The fourth-order valence-corrected chi connectivity index (χ4v) is 1.64. The van der Waals surface area contributed by atoms with Crippen LogP contribution in [-0.4, -0.2) is 34.3 Å². The van der Waals surface area contributed by atoms with Crippen LogP contribution in [0.1, 0.15) is 18.5 Å². The van der Waals surface area contributed by atoms with Crippen molar-refractivity contribution in [1.29, 1.82) is 0 Å². The molecule has 0 aliphatic carbocycles. The molecule has 0 radical (unpaired) electrons. The van der Waals surface area contributed by atoms with Crippen LogP contribution in [0.25, 0.3) is 0 Å². The summed E-state index contributed by atoms with van der Waals surface area (Å²) in [6, 6.07) is 1.57. The summed E-state index contributed by atoms with van der Waals surface area (Å²) in [5.74, 6) is -1.23. The van der Waals surface area contributed by atoms with Gasteiger partial charge in [0.05, 0.1) is 5.69 Å². The molecule has 1 aliphatic heterocycles. The molecular formula is C10H12N2O5. The number of carboxylic acid groups (broad SMARTS) is 1.